The predicted molar refractivity (Wildman–Crippen MR) is 95.5 cm³/mol. The average Bonchev–Trinajstić information content (AvgIpc) is 3.02. The van der Waals surface area contributed by atoms with Gasteiger partial charge in [-0.05, 0) is 43.0 Å². The number of amides is 1. The highest BCUT2D eigenvalue weighted by atomic mass is 16.2. The molecule has 0 aliphatic carbocycles. The minimum Gasteiger partial charge on any atom is -0.338 e. The summed E-state index contributed by atoms with van der Waals surface area (Å²) in [4.78, 5) is 26.1. The van der Waals surface area contributed by atoms with E-state index in [4.69, 9.17) is 0 Å². The quantitative estimate of drug-likeness (QED) is 0.859. The van der Waals surface area contributed by atoms with Crippen LogP contribution in [0.5, 0.6) is 0 Å². The number of aromatic nitrogens is 2. The lowest BCUT2D eigenvalue weighted by Gasteiger charge is -2.33. The summed E-state index contributed by atoms with van der Waals surface area (Å²) in [5.41, 5.74) is 3.25. The Morgan fingerprint density at radius 1 is 1.16 bits per heavy atom. The second-order valence-corrected chi connectivity index (χ2v) is 7.24. The fourth-order valence-corrected chi connectivity index (χ4v) is 4.11. The van der Waals surface area contributed by atoms with Gasteiger partial charge in [0.1, 0.15) is 0 Å². The van der Waals surface area contributed by atoms with Crippen molar-refractivity contribution >= 4 is 5.91 Å². The molecular formula is C20H24N4O. The summed E-state index contributed by atoms with van der Waals surface area (Å²) in [6.45, 7) is 6.24. The fourth-order valence-electron chi connectivity index (χ4n) is 4.11. The number of hydrogen-bond donors (Lipinski definition) is 0. The molecule has 2 aliphatic rings. The summed E-state index contributed by atoms with van der Waals surface area (Å²) < 4.78 is 0. The van der Waals surface area contributed by atoms with E-state index in [0.29, 0.717) is 18.4 Å². The van der Waals surface area contributed by atoms with Crippen LogP contribution in [0.15, 0.2) is 42.7 Å². The number of likely N-dealkylation sites (tertiary alicyclic amines) is 2. The van der Waals surface area contributed by atoms with Crippen molar-refractivity contribution in [1.29, 1.82) is 0 Å². The van der Waals surface area contributed by atoms with Crippen LogP contribution in [0.25, 0.3) is 0 Å². The first-order valence-electron chi connectivity index (χ1n) is 9.01. The lowest BCUT2D eigenvalue weighted by atomic mass is 9.88. The summed E-state index contributed by atoms with van der Waals surface area (Å²) in [6.07, 6.45) is 4.71. The molecule has 4 rings (SSSR count). The Labute approximate surface area is 148 Å². The van der Waals surface area contributed by atoms with Crippen LogP contribution >= 0.6 is 0 Å². The summed E-state index contributed by atoms with van der Waals surface area (Å²) in [7, 11) is 0. The highest BCUT2D eigenvalue weighted by molar-refractivity contribution is 5.80. The van der Waals surface area contributed by atoms with E-state index in [1.807, 2.05) is 36.2 Å². The summed E-state index contributed by atoms with van der Waals surface area (Å²) in [5.74, 6) is 0.928. The number of nitrogens with zero attached hydrogens (tertiary/aromatic N) is 4. The zero-order valence-corrected chi connectivity index (χ0v) is 14.6. The van der Waals surface area contributed by atoms with E-state index in [9.17, 15) is 4.79 Å². The molecule has 2 aromatic rings. The van der Waals surface area contributed by atoms with Crippen LogP contribution in [-0.2, 0) is 17.9 Å². The Morgan fingerprint density at radius 2 is 2.08 bits per heavy atom. The first kappa shape index (κ1) is 16.2. The van der Waals surface area contributed by atoms with Gasteiger partial charge < -0.3 is 4.90 Å². The zero-order chi connectivity index (χ0) is 17.2. The van der Waals surface area contributed by atoms with E-state index in [1.54, 1.807) is 6.20 Å². The molecule has 5 heteroatoms. The first-order valence-corrected chi connectivity index (χ1v) is 9.01. The number of fused-ring (bicyclic) bond motifs is 1. The lowest BCUT2D eigenvalue weighted by molar-refractivity contribution is -0.140. The van der Waals surface area contributed by atoms with Crippen LogP contribution in [0.2, 0.25) is 0 Å². The van der Waals surface area contributed by atoms with Crippen molar-refractivity contribution in [2.45, 2.75) is 26.4 Å². The number of piperidine rings is 1. The highest BCUT2D eigenvalue weighted by Crippen LogP contribution is 2.33. The third-order valence-electron chi connectivity index (χ3n) is 5.34. The van der Waals surface area contributed by atoms with Gasteiger partial charge in [0, 0.05) is 50.8 Å². The van der Waals surface area contributed by atoms with E-state index in [0.717, 1.165) is 49.6 Å². The number of pyridine rings is 2. The molecule has 2 fully saturated rings. The Morgan fingerprint density at radius 3 is 2.88 bits per heavy atom. The average molecular weight is 336 g/mol. The third kappa shape index (κ3) is 3.56. The second-order valence-electron chi connectivity index (χ2n) is 7.24. The van der Waals surface area contributed by atoms with Crippen molar-refractivity contribution < 1.29 is 4.79 Å². The van der Waals surface area contributed by atoms with Crippen molar-refractivity contribution in [2.75, 3.05) is 19.6 Å². The predicted octanol–water partition coefficient (Wildman–Crippen LogP) is 2.27. The molecule has 0 saturated carbocycles. The Hall–Kier alpha value is -2.27. The van der Waals surface area contributed by atoms with Crippen molar-refractivity contribution in [3.63, 3.8) is 0 Å². The van der Waals surface area contributed by atoms with Crippen LogP contribution in [0, 0.1) is 18.8 Å². The van der Waals surface area contributed by atoms with E-state index in [-0.39, 0.29) is 5.92 Å². The number of carbonyl (C=O) groups is 1. The topological polar surface area (TPSA) is 49.3 Å². The van der Waals surface area contributed by atoms with E-state index < -0.39 is 0 Å². The molecule has 0 bridgehead atoms. The van der Waals surface area contributed by atoms with Gasteiger partial charge in [-0.15, -0.1) is 0 Å². The van der Waals surface area contributed by atoms with Crippen molar-refractivity contribution in [3.8, 4) is 0 Å². The fraction of sp³-hybridized carbons (Fsp3) is 0.450. The van der Waals surface area contributed by atoms with Gasteiger partial charge in [0.15, 0.2) is 0 Å². The smallest absolute Gasteiger partial charge is 0.227 e. The zero-order valence-electron chi connectivity index (χ0n) is 14.6. The number of hydrogen-bond acceptors (Lipinski definition) is 4. The minimum absolute atomic E-state index is 0.134. The molecular weight excluding hydrogens is 312 g/mol. The van der Waals surface area contributed by atoms with E-state index in [2.05, 4.69) is 27.0 Å². The normalized spacial score (nSPS) is 23.7. The van der Waals surface area contributed by atoms with Gasteiger partial charge in [-0.1, -0.05) is 12.1 Å². The maximum absolute atomic E-state index is 12.9. The molecule has 0 N–H and O–H groups in total. The van der Waals surface area contributed by atoms with Gasteiger partial charge >= 0.3 is 0 Å². The maximum Gasteiger partial charge on any atom is 0.227 e. The summed E-state index contributed by atoms with van der Waals surface area (Å²) in [6, 6.07) is 10.1. The summed E-state index contributed by atoms with van der Waals surface area (Å²) in [5, 5.41) is 0. The van der Waals surface area contributed by atoms with Crippen LogP contribution in [-0.4, -0.2) is 45.3 Å². The van der Waals surface area contributed by atoms with Crippen molar-refractivity contribution in [2.24, 2.45) is 11.8 Å². The molecule has 130 valence electrons. The Kier molecular flexibility index (Phi) is 4.49. The van der Waals surface area contributed by atoms with Crippen LogP contribution in [0.3, 0.4) is 0 Å². The van der Waals surface area contributed by atoms with Gasteiger partial charge in [0.25, 0.3) is 0 Å². The molecule has 2 aliphatic heterocycles. The van der Waals surface area contributed by atoms with Crippen LogP contribution < -0.4 is 0 Å². The number of carbonyl (C=O) groups excluding carboxylic acids is 1. The monoisotopic (exact) mass is 336 g/mol. The minimum atomic E-state index is 0.134. The molecule has 2 aromatic heterocycles. The molecule has 25 heavy (non-hydrogen) atoms. The molecule has 0 radical (unpaired) electrons. The van der Waals surface area contributed by atoms with Gasteiger partial charge in [0.05, 0.1) is 11.6 Å². The van der Waals surface area contributed by atoms with Gasteiger partial charge in [0.2, 0.25) is 5.91 Å². The Balaban J connectivity index is 1.40. The molecule has 0 spiro atoms. The highest BCUT2D eigenvalue weighted by Gasteiger charge is 2.42. The molecule has 0 aromatic carbocycles. The Bertz CT molecular complexity index is 748. The van der Waals surface area contributed by atoms with Gasteiger partial charge in [-0.2, -0.15) is 0 Å². The van der Waals surface area contributed by atoms with Crippen molar-refractivity contribution in [1.82, 2.24) is 19.8 Å². The summed E-state index contributed by atoms with van der Waals surface area (Å²) >= 11 is 0. The van der Waals surface area contributed by atoms with Crippen LogP contribution in [0.4, 0.5) is 0 Å². The third-order valence-corrected chi connectivity index (χ3v) is 5.34. The van der Waals surface area contributed by atoms with Gasteiger partial charge in [-0.25, -0.2) is 0 Å². The molecule has 1 amide bonds. The standard InChI is InChI=1S/C20H24N4O/c1-15-4-2-6-18(22-15)13-23-12-17-7-9-24(20(25)19(17)14-23)11-16-5-3-8-21-10-16/h2-6,8,10,17,19H,7,9,11-14H2,1H3/t17-,19-/m0/s1. The van der Waals surface area contributed by atoms with E-state index >= 15 is 0 Å². The van der Waals surface area contributed by atoms with Crippen LogP contribution in [0.1, 0.15) is 23.4 Å². The number of rotatable bonds is 4. The number of aryl methyl sites for hydroxylation is 1. The lowest BCUT2D eigenvalue weighted by Crippen LogP contribution is -2.44. The largest absolute Gasteiger partial charge is 0.338 e. The second kappa shape index (κ2) is 6.92. The molecule has 4 heterocycles. The first-order chi connectivity index (χ1) is 12.2. The van der Waals surface area contributed by atoms with Gasteiger partial charge in [-0.3, -0.25) is 19.7 Å². The maximum atomic E-state index is 12.9. The molecule has 0 unspecified atom stereocenters. The molecule has 2 saturated heterocycles. The van der Waals surface area contributed by atoms with E-state index in [1.165, 1.54) is 0 Å². The molecule has 5 nitrogen and oxygen atoms in total. The SMILES string of the molecule is Cc1cccc(CN2C[C@@H]3CCN(Cc4cccnc4)C(=O)[C@H]3C2)n1. The molecule has 2 atom stereocenters. The van der Waals surface area contributed by atoms with Crippen molar-refractivity contribution in [3.05, 3.63) is 59.7 Å².